The van der Waals surface area contributed by atoms with Gasteiger partial charge in [0.15, 0.2) is 5.82 Å². The van der Waals surface area contributed by atoms with Gasteiger partial charge in [-0.3, -0.25) is 4.90 Å². The van der Waals surface area contributed by atoms with Gasteiger partial charge in [-0.2, -0.15) is 0 Å². The van der Waals surface area contributed by atoms with E-state index in [-0.39, 0.29) is 5.95 Å². The molecule has 0 aliphatic carbocycles. The summed E-state index contributed by atoms with van der Waals surface area (Å²) in [6, 6.07) is 4.04. The Labute approximate surface area is 158 Å². The van der Waals surface area contributed by atoms with Crippen molar-refractivity contribution in [2.24, 2.45) is 0 Å². The summed E-state index contributed by atoms with van der Waals surface area (Å²) in [6.45, 7) is 2.14. The van der Waals surface area contributed by atoms with Crippen LogP contribution in [0.5, 0.6) is 0 Å². The van der Waals surface area contributed by atoms with Gasteiger partial charge in [-0.1, -0.05) is 29.3 Å². The Morgan fingerprint density at radius 1 is 1.20 bits per heavy atom. The minimum absolute atomic E-state index is 0.0808. The molecule has 0 aromatic carbocycles. The fourth-order valence-corrected chi connectivity index (χ4v) is 4.02. The molecule has 6 nitrogen and oxygen atoms in total. The van der Waals surface area contributed by atoms with Gasteiger partial charge in [-0.15, -0.1) is 11.3 Å². The Hall–Kier alpha value is -1.80. The molecule has 0 bridgehead atoms. The van der Waals surface area contributed by atoms with Crippen LogP contribution in [0.2, 0.25) is 10.3 Å². The Morgan fingerprint density at radius 2 is 2.00 bits per heavy atom. The van der Waals surface area contributed by atoms with Crippen LogP contribution in [0.25, 0.3) is 10.7 Å². The van der Waals surface area contributed by atoms with Crippen molar-refractivity contribution < 1.29 is 0 Å². The number of nitrogens with two attached hydrogens (primary N) is 1. The van der Waals surface area contributed by atoms with Gasteiger partial charge < -0.3 is 5.73 Å². The predicted octanol–water partition coefficient (Wildman–Crippen LogP) is 3.44. The molecule has 3 aromatic heterocycles. The van der Waals surface area contributed by atoms with Gasteiger partial charge >= 0.3 is 0 Å². The van der Waals surface area contributed by atoms with Crippen LogP contribution >= 0.6 is 34.5 Å². The Bertz CT molecular complexity index is 892. The van der Waals surface area contributed by atoms with E-state index in [0.717, 1.165) is 41.5 Å². The number of thiophene rings is 1. The Balaban J connectivity index is 1.54. The summed E-state index contributed by atoms with van der Waals surface area (Å²) in [5, 5.41) is 2.63. The number of rotatable bonds is 3. The van der Waals surface area contributed by atoms with Gasteiger partial charge in [0.05, 0.1) is 10.6 Å². The van der Waals surface area contributed by atoms with Gasteiger partial charge in [-0.25, -0.2) is 19.9 Å². The van der Waals surface area contributed by atoms with Gasteiger partial charge in [0.25, 0.3) is 0 Å². The number of nitrogen functional groups attached to an aromatic ring is 1. The summed E-state index contributed by atoms with van der Waals surface area (Å²) < 4.78 is 0. The van der Waals surface area contributed by atoms with E-state index in [0.29, 0.717) is 22.4 Å². The molecule has 3 aromatic rings. The van der Waals surface area contributed by atoms with E-state index in [1.807, 2.05) is 23.7 Å². The number of nitrogens with zero attached hydrogens (tertiary/aromatic N) is 5. The first-order valence-corrected chi connectivity index (χ1v) is 9.32. The lowest BCUT2D eigenvalue weighted by Crippen LogP contribution is -2.31. The van der Waals surface area contributed by atoms with Gasteiger partial charge in [0, 0.05) is 43.4 Å². The molecule has 4 heterocycles. The number of hydrogen-bond acceptors (Lipinski definition) is 7. The fourth-order valence-electron chi connectivity index (χ4n) is 2.83. The molecule has 0 saturated heterocycles. The van der Waals surface area contributed by atoms with Crippen molar-refractivity contribution in [3.63, 3.8) is 0 Å². The zero-order valence-electron chi connectivity index (χ0n) is 13.1. The van der Waals surface area contributed by atoms with Crippen molar-refractivity contribution >= 4 is 40.5 Å². The van der Waals surface area contributed by atoms with Gasteiger partial charge in [0.2, 0.25) is 5.95 Å². The third kappa shape index (κ3) is 3.46. The summed E-state index contributed by atoms with van der Waals surface area (Å²) in [5.74, 6) is 0.873. The number of hydrogen-bond donors (Lipinski definition) is 1. The van der Waals surface area contributed by atoms with Crippen molar-refractivity contribution in [2.75, 3.05) is 12.3 Å². The quantitative estimate of drug-likeness (QED) is 0.687. The van der Waals surface area contributed by atoms with Crippen LogP contribution in [0.15, 0.2) is 23.7 Å². The van der Waals surface area contributed by atoms with E-state index in [4.69, 9.17) is 33.9 Å². The molecule has 1 aliphatic rings. The minimum Gasteiger partial charge on any atom is -0.368 e. The highest BCUT2D eigenvalue weighted by atomic mass is 35.5. The molecule has 1 aliphatic heterocycles. The maximum Gasteiger partial charge on any atom is 0.222 e. The number of anilines is 1. The molecule has 0 fully saturated rings. The second kappa shape index (κ2) is 6.84. The summed E-state index contributed by atoms with van der Waals surface area (Å²) in [6.07, 6.45) is 2.76. The van der Waals surface area contributed by atoms with Crippen LogP contribution in [0, 0.1) is 0 Å². The fraction of sp³-hybridized carbons (Fsp3) is 0.250. The average molecular weight is 393 g/mol. The number of aromatic nitrogens is 4. The maximum absolute atomic E-state index is 6.17. The largest absolute Gasteiger partial charge is 0.368 e. The highest BCUT2D eigenvalue weighted by Crippen LogP contribution is 2.27. The van der Waals surface area contributed by atoms with Crippen molar-refractivity contribution in [1.82, 2.24) is 24.8 Å². The smallest absolute Gasteiger partial charge is 0.222 e. The minimum atomic E-state index is 0.0808. The Kier molecular flexibility index (Phi) is 4.56. The number of halogens is 2. The van der Waals surface area contributed by atoms with E-state index in [1.54, 1.807) is 11.3 Å². The molecule has 0 saturated carbocycles. The topological polar surface area (TPSA) is 80.8 Å². The van der Waals surface area contributed by atoms with Crippen LogP contribution < -0.4 is 5.73 Å². The molecule has 9 heteroatoms. The van der Waals surface area contributed by atoms with Crippen LogP contribution in [-0.2, 0) is 19.5 Å². The molecule has 25 heavy (non-hydrogen) atoms. The van der Waals surface area contributed by atoms with E-state index < -0.39 is 0 Å². The Morgan fingerprint density at radius 3 is 2.72 bits per heavy atom. The highest BCUT2D eigenvalue weighted by Gasteiger charge is 2.21. The van der Waals surface area contributed by atoms with Crippen molar-refractivity contribution in [3.05, 3.63) is 50.8 Å². The van der Waals surface area contributed by atoms with E-state index in [1.165, 1.54) is 0 Å². The van der Waals surface area contributed by atoms with E-state index in [2.05, 4.69) is 19.9 Å². The molecule has 0 atom stereocenters. The van der Waals surface area contributed by atoms with Crippen LogP contribution in [0.4, 0.5) is 5.95 Å². The summed E-state index contributed by atoms with van der Waals surface area (Å²) in [4.78, 5) is 20.5. The molecule has 128 valence electrons. The predicted molar refractivity (Wildman–Crippen MR) is 99.6 cm³/mol. The zero-order valence-corrected chi connectivity index (χ0v) is 15.4. The summed E-state index contributed by atoms with van der Waals surface area (Å²) >= 11 is 14.0. The third-order valence-electron chi connectivity index (χ3n) is 4.06. The second-order valence-corrected chi connectivity index (χ2v) is 7.41. The lowest BCUT2D eigenvalue weighted by atomic mass is 10.1. The second-order valence-electron chi connectivity index (χ2n) is 5.75. The molecule has 0 amide bonds. The van der Waals surface area contributed by atoms with Crippen molar-refractivity contribution in [2.45, 2.75) is 19.5 Å². The van der Waals surface area contributed by atoms with Crippen LogP contribution in [0.3, 0.4) is 0 Å². The molecular formula is C16H14Cl2N6S. The SMILES string of the molecule is Nc1nc(Cl)c(CN2CCc3nc(-c4cccs4)ncc3C2)c(Cl)n1. The van der Waals surface area contributed by atoms with E-state index >= 15 is 0 Å². The highest BCUT2D eigenvalue weighted by molar-refractivity contribution is 7.13. The maximum atomic E-state index is 6.17. The zero-order chi connectivity index (χ0) is 17.4. The summed E-state index contributed by atoms with van der Waals surface area (Å²) in [5.41, 5.74) is 8.47. The van der Waals surface area contributed by atoms with E-state index in [9.17, 15) is 0 Å². The summed E-state index contributed by atoms with van der Waals surface area (Å²) in [7, 11) is 0. The third-order valence-corrected chi connectivity index (χ3v) is 5.55. The monoisotopic (exact) mass is 392 g/mol. The molecule has 0 unspecified atom stereocenters. The first-order valence-electron chi connectivity index (χ1n) is 7.68. The standard InChI is InChI=1S/C16H14Cl2N6S/c17-13-10(14(18)23-16(19)22-13)8-24-4-3-11-9(7-24)6-20-15(21-11)12-2-1-5-25-12/h1-2,5-6H,3-4,7-8H2,(H2,19,22,23). The number of fused-ring (bicyclic) bond motifs is 1. The lowest BCUT2D eigenvalue weighted by Gasteiger charge is -2.28. The van der Waals surface area contributed by atoms with Gasteiger partial charge in [-0.05, 0) is 11.4 Å². The van der Waals surface area contributed by atoms with Crippen LogP contribution in [0.1, 0.15) is 16.8 Å². The first kappa shape index (κ1) is 16.7. The van der Waals surface area contributed by atoms with Gasteiger partial charge in [0.1, 0.15) is 10.3 Å². The molecular weight excluding hydrogens is 379 g/mol. The van der Waals surface area contributed by atoms with Crippen molar-refractivity contribution in [1.29, 1.82) is 0 Å². The normalized spacial score (nSPS) is 14.5. The molecule has 0 spiro atoms. The molecule has 2 N–H and O–H groups in total. The molecule has 4 rings (SSSR count). The first-order chi connectivity index (χ1) is 12.1. The molecule has 0 radical (unpaired) electrons. The van der Waals surface area contributed by atoms with Crippen LogP contribution in [-0.4, -0.2) is 31.4 Å². The average Bonchev–Trinajstić information content (AvgIpc) is 3.12. The van der Waals surface area contributed by atoms with Crippen molar-refractivity contribution in [3.8, 4) is 10.7 Å². The lowest BCUT2D eigenvalue weighted by molar-refractivity contribution is 0.242.